The highest BCUT2D eigenvalue weighted by Crippen LogP contribution is 2.28. The molecule has 2 aliphatic rings. The Hall–Kier alpha value is -1.95. The molecule has 21 heavy (non-hydrogen) atoms. The maximum Gasteiger partial charge on any atom is 0.282 e. The van der Waals surface area contributed by atoms with Gasteiger partial charge in [0.15, 0.2) is 0 Å². The SMILES string of the molecule is Cc1ccc([N+](=O)[O-])c(C(=O)N2CC3CCCNC3C2)c1. The van der Waals surface area contributed by atoms with Crippen LogP contribution in [0.1, 0.15) is 28.8 Å². The fourth-order valence-corrected chi connectivity index (χ4v) is 3.36. The number of nitro benzene ring substituents is 1. The van der Waals surface area contributed by atoms with E-state index in [0.717, 1.165) is 24.9 Å². The third kappa shape index (κ3) is 2.63. The van der Waals surface area contributed by atoms with Crippen LogP contribution in [0, 0.1) is 23.0 Å². The van der Waals surface area contributed by atoms with Gasteiger partial charge in [0, 0.05) is 25.2 Å². The second-order valence-electron chi connectivity index (χ2n) is 5.95. The van der Waals surface area contributed by atoms with Gasteiger partial charge in [-0.15, -0.1) is 0 Å². The molecule has 0 bridgehead atoms. The molecule has 112 valence electrons. The Morgan fingerprint density at radius 1 is 1.43 bits per heavy atom. The lowest BCUT2D eigenvalue weighted by molar-refractivity contribution is -0.385. The molecule has 2 saturated heterocycles. The first kappa shape index (κ1) is 14.0. The van der Waals surface area contributed by atoms with Gasteiger partial charge in [-0.25, -0.2) is 0 Å². The largest absolute Gasteiger partial charge is 0.337 e. The predicted octanol–water partition coefficient (Wildman–Crippen LogP) is 1.73. The Bertz CT molecular complexity index is 574. The second kappa shape index (κ2) is 5.44. The normalized spacial score (nSPS) is 24.7. The van der Waals surface area contributed by atoms with Gasteiger partial charge in [-0.2, -0.15) is 0 Å². The lowest BCUT2D eigenvalue weighted by atomic mass is 9.94. The molecule has 1 amide bonds. The van der Waals surface area contributed by atoms with E-state index < -0.39 is 4.92 Å². The number of hydrogen-bond donors (Lipinski definition) is 1. The summed E-state index contributed by atoms with van der Waals surface area (Å²) >= 11 is 0. The summed E-state index contributed by atoms with van der Waals surface area (Å²) in [5.74, 6) is 0.258. The van der Waals surface area contributed by atoms with Gasteiger partial charge in [-0.05, 0) is 43.9 Å². The number of nitrogens with zero attached hydrogens (tertiary/aromatic N) is 2. The summed E-state index contributed by atoms with van der Waals surface area (Å²) in [7, 11) is 0. The number of carbonyl (C=O) groups excluding carboxylic acids is 1. The molecular weight excluding hydrogens is 270 g/mol. The molecule has 0 aliphatic carbocycles. The van der Waals surface area contributed by atoms with Crippen molar-refractivity contribution in [2.45, 2.75) is 25.8 Å². The number of piperidine rings is 1. The number of amides is 1. The molecule has 2 aliphatic heterocycles. The summed E-state index contributed by atoms with van der Waals surface area (Å²) < 4.78 is 0. The van der Waals surface area contributed by atoms with E-state index in [1.54, 1.807) is 17.0 Å². The molecule has 2 unspecified atom stereocenters. The molecule has 2 fully saturated rings. The fraction of sp³-hybridized carbons (Fsp3) is 0.533. The third-order valence-electron chi connectivity index (χ3n) is 4.47. The van der Waals surface area contributed by atoms with Gasteiger partial charge in [0.1, 0.15) is 5.56 Å². The van der Waals surface area contributed by atoms with E-state index in [4.69, 9.17) is 0 Å². The molecule has 2 heterocycles. The number of hydrogen-bond acceptors (Lipinski definition) is 4. The Balaban J connectivity index is 1.85. The summed E-state index contributed by atoms with van der Waals surface area (Å²) in [6, 6.07) is 5.05. The van der Waals surface area contributed by atoms with Crippen LogP contribution in [-0.2, 0) is 0 Å². The van der Waals surface area contributed by atoms with Gasteiger partial charge >= 0.3 is 0 Å². The lowest BCUT2D eigenvalue weighted by Crippen LogP contribution is -2.41. The topological polar surface area (TPSA) is 75.5 Å². The fourth-order valence-electron chi connectivity index (χ4n) is 3.36. The first-order chi connectivity index (χ1) is 10.1. The van der Waals surface area contributed by atoms with Crippen LogP contribution in [0.4, 0.5) is 5.69 Å². The van der Waals surface area contributed by atoms with Crippen LogP contribution in [-0.4, -0.2) is 41.4 Å². The van der Waals surface area contributed by atoms with Crippen molar-refractivity contribution in [3.63, 3.8) is 0 Å². The van der Waals surface area contributed by atoms with E-state index in [2.05, 4.69) is 5.32 Å². The average Bonchev–Trinajstić information content (AvgIpc) is 2.89. The van der Waals surface area contributed by atoms with E-state index in [1.165, 1.54) is 6.07 Å². The van der Waals surface area contributed by atoms with Crippen molar-refractivity contribution in [2.24, 2.45) is 5.92 Å². The first-order valence-corrected chi connectivity index (χ1v) is 7.34. The zero-order chi connectivity index (χ0) is 15.0. The van der Waals surface area contributed by atoms with Crippen molar-refractivity contribution in [3.05, 3.63) is 39.4 Å². The van der Waals surface area contributed by atoms with Gasteiger partial charge in [-0.3, -0.25) is 14.9 Å². The number of benzene rings is 1. The van der Waals surface area contributed by atoms with Crippen LogP contribution in [0.3, 0.4) is 0 Å². The van der Waals surface area contributed by atoms with Gasteiger partial charge in [0.05, 0.1) is 4.92 Å². The van der Waals surface area contributed by atoms with Crippen LogP contribution in [0.5, 0.6) is 0 Å². The quantitative estimate of drug-likeness (QED) is 0.664. The van der Waals surface area contributed by atoms with Crippen molar-refractivity contribution < 1.29 is 9.72 Å². The molecule has 2 atom stereocenters. The maximum absolute atomic E-state index is 12.7. The van der Waals surface area contributed by atoms with Crippen LogP contribution in [0.2, 0.25) is 0 Å². The Morgan fingerprint density at radius 2 is 2.24 bits per heavy atom. The van der Waals surface area contributed by atoms with E-state index in [-0.39, 0.29) is 17.2 Å². The minimum Gasteiger partial charge on any atom is -0.337 e. The van der Waals surface area contributed by atoms with Crippen molar-refractivity contribution in [1.82, 2.24) is 10.2 Å². The van der Waals surface area contributed by atoms with Crippen LogP contribution in [0.25, 0.3) is 0 Å². The molecule has 0 radical (unpaired) electrons. The van der Waals surface area contributed by atoms with Gasteiger partial charge in [0.25, 0.3) is 11.6 Å². The summed E-state index contributed by atoms with van der Waals surface area (Å²) in [4.78, 5) is 25.1. The molecule has 3 rings (SSSR count). The number of fused-ring (bicyclic) bond motifs is 1. The molecule has 0 spiro atoms. The van der Waals surface area contributed by atoms with Gasteiger partial charge < -0.3 is 10.2 Å². The Kier molecular flexibility index (Phi) is 3.63. The molecule has 1 N–H and O–H groups in total. The molecule has 1 aromatic rings. The van der Waals surface area contributed by atoms with Crippen molar-refractivity contribution in [3.8, 4) is 0 Å². The molecule has 0 aromatic heterocycles. The minimum absolute atomic E-state index is 0.103. The lowest BCUT2D eigenvalue weighted by Gasteiger charge is -2.24. The number of likely N-dealkylation sites (tertiary alicyclic amines) is 1. The molecule has 6 nitrogen and oxygen atoms in total. The second-order valence-corrected chi connectivity index (χ2v) is 5.95. The molecule has 0 saturated carbocycles. The van der Waals surface area contributed by atoms with Crippen LogP contribution in [0.15, 0.2) is 18.2 Å². The minimum atomic E-state index is -0.478. The number of nitrogens with one attached hydrogen (secondary N) is 1. The number of nitro groups is 1. The predicted molar refractivity (Wildman–Crippen MR) is 78.3 cm³/mol. The van der Waals surface area contributed by atoms with E-state index >= 15 is 0 Å². The summed E-state index contributed by atoms with van der Waals surface area (Å²) in [6.45, 7) is 4.18. The zero-order valence-corrected chi connectivity index (χ0v) is 12.0. The summed E-state index contributed by atoms with van der Waals surface area (Å²) in [5, 5.41) is 14.6. The van der Waals surface area contributed by atoms with E-state index in [9.17, 15) is 14.9 Å². The van der Waals surface area contributed by atoms with E-state index in [1.807, 2.05) is 6.92 Å². The Labute approximate surface area is 123 Å². The highest BCUT2D eigenvalue weighted by atomic mass is 16.6. The van der Waals surface area contributed by atoms with Crippen LogP contribution >= 0.6 is 0 Å². The third-order valence-corrected chi connectivity index (χ3v) is 4.47. The average molecular weight is 289 g/mol. The molecular formula is C15H19N3O3. The van der Waals surface area contributed by atoms with Crippen molar-refractivity contribution in [1.29, 1.82) is 0 Å². The van der Waals surface area contributed by atoms with E-state index in [0.29, 0.717) is 25.0 Å². The molecule has 1 aromatic carbocycles. The summed E-state index contributed by atoms with van der Waals surface area (Å²) in [6.07, 6.45) is 2.26. The van der Waals surface area contributed by atoms with Gasteiger partial charge in [0.2, 0.25) is 0 Å². The maximum atomic E-state index is 12.7. The number of carbonyl (C=O) groups is 1. The van der Waals surface area contributed by atoms with Crippen molar-refractivity contribution >= 4 is 11.6 Å². The standard InChI is InChI=1S/C15H19N3O3/c1-10-4-5-14(18(20)21)12(7-10)15(19)17-8-11-3-2-6-16-13(11)9-17/h4-5,7,11,13,16H,2-3,6,8-9H2,1H3. The zero-order valence-electron chi connectivity index (χ0n) is 12.0. The smallest absolute Gasteiger partial charge is 0.282 e. The first-order valence-electron chi connectivity index (χ1n) is 7.34. The van der Waals surface area contributed by atoms with Crippen LogP contribution < -0.4 is 5.32 Å². The highest BCUT2D eigenvalue weighted by Gasteiger charge is 2.38. The number of aryl methyl sites for hydroxylation is 1. The monoisotopic (exact) mass is 289 g/mol. The Morgan fingerprint density at radius 3 is 2.95 bits per heavy atom. The molecule has 6 heteroatoms. The van der Waals surface area contributed by atoms with Gasteiger partial charge in [-0.1, -0.05) is 6.07 Å². The van der Waals surface area contributed by atoms with Crippen molar-refractivity contribution in [2.75, 3.05) is 19.6 Å². The highest BCUT2D eigenvalue weighted by molar-refractivity contribution is 5.98. The summed E-state index contributed by atoms with van der Waals surface area (Å²) in [5.41, 5.74) is 0.964. The number of rotatable bonds is 2.